The van der Waals surface area contributed by atoms with Crippen LogP contribution in [0.2, 0.25) is 5.02 Å². The van der Waals surface area contributed by atoms with Gasteiger partial charge in [0.05, 0.1) is 0 Å². The Kier molecular flexibility index (Phi) is 3.87. The lowest BCUT2D eigenvalue weighted by Crippen LogP contribution is -2.19. The maximum absolute atomic E-state index is 12.1. The van der Waals surface area contributed by atoms with Crippen molar-refractivity contribution in [3.63, 3.8) is 0 Å². The van der Waals surface area contributed by atoms with Crippen LogP contribution in [0.5, 0.6) is 0 Å². The van der Waals surface area contributed by atoms with Gasteiger partial charge < -0.3 is 15.3 Å². The van der Waals surface area contributed by atoms with Gasteiger partial charge in [0.25, 0.3) is 11.1 Å². The van der Waals surface area contributed by atoms with Crippen molar-refractivity contribution in [2.45, 2.75) is 6.54 Å². The van der Waals surface area contributed by atoms with Crippen molar-refractivity contribution < 1.29 is 0 Å². The van der Waals surface area contributed by atoms with Crippen LogP contribution < -0.4 is 16.4 Å². The van der Waals surface area contributed by atoms with Gasteiger partial charge in [-0.2, -0.15) is 5.26 Å². The number of rotatable bonds is 3. The fourth-order valence-corrected chi connectivity index (χ4v) is 2.40. The van der Waals surface area contributed by atoms with Crippen LogP contribution in [0.4, 0.5) is 5.69 Å². The molecule has 3 N–H and O–H groups in total. The summed E-state index contributed by atoms with van der Waals surface area (Å²) >= 11 is 5.95. The van der Waals surface area contributed by atoms with E-state index in [0.717, 1.165) is 5.39 Å². The molecule has 0 saturated heterocycles. The number of benzene rings is 1. The highest BCUT2D eigenvalue weighted by Crippen LogP contribution is 2.17. The van der Waals surface area contributed by atoms with E-state index >= 15 is 0 Å². The summed E-state index contributed by atoms with van der Waals surface area (Å²) in [6, 6.07) is 11.8. The summed E-state index contributed by atoms with van der Waals surface area (Å²) in [6.07, 6.45) is 0. The summed E-state index contributed by atoms with van der Waals surface area (Å²) in [7, 11) is 0. The molecule has 3 rings (SSSR count). The molecule has 0 radical (unpaired) electrons. The fraction of sp³-hybridized carbons (Fsp3) is 0.0625. The topological polar surface area (TPSA) is 102 Å². The third-order valence-corrected chi connectivity index (χ3v) is 3.62. The van der Waals surface area contributed by atoms with E-state index in [2.05, 4.69) is 15.3 Å². The van der Waals surface area contributed by atoms with E-state index < -0.39 is 5.56 Å². The molecule has 0 amide bonds. The first-order chi connectivity index (χ1) is 11.1. The first-order valence-corrected chi connectivity index (χ1v) is 7.13. The van der Waals surface area contributed by atoms with E-state index in [1.807, 2.05) is 6.07 Å². The Balaban J connectivity index is 1.90. The molecule has 3 aromatic rings. The van der Waals surface area contributed by atoms with Crippen molar-refractivity contribution >= 4 is 28.2 Å². The van der Waals surface area contributed by atoms with E-state index in [4.69, 9.17) is 16.9 Å². The second-order valence-electron chi connectivity index (χ2n) is 4.94. The molecule has 6 nitrogen and oxygen atoms in total. The van der Waals surface area contributed by atoms with Gasteiger partial charge in [0.15, 0.2) is 0 Å². The van der Waals surface area contributed by atoms with Crippen LogP contribution in [-0.4, -0.2) is 9.97 Å². The summed E-state index contributed by atoms with van der Waals surface area (Å²) in [6.45, 7) is 0.173. The quantitative estimate of drug-likeness (QED) is 0.687. The SMILES string of the molecule is N#Cc1ccc(NCc2cc3cc(Cl)ccc3[nH]c2=O)c(=O)[nH]1. The van der Waals surface area contributed by atoms with E-state index in [1.54, 1.807) is 24.3 Å². The van der Waals surface area contributed by atoms with Gasteiger partial charge in [-0.3, -0.25) is 9.59 Å². The number of nitrogens with zero attached hydrogens (tertiary/aromatic N) is 1. The predicted molar refractivity (Wildman–Crippen MR) is 88.7 cm³/mol. The zero-order valence-corrected chi connectivity index (χ0v) is 12.6. The molecular weight excluding hydrogens is 316 g/mol. The number of hydrogen-bond acceptors (Lipinski definition) is 4. The van der Waals surface area contributed by atoms with Crippen LogP contribution in [0.3, 0.4) is 0 Å². The molecule has 0 unspecified atom stereocenters. The molecule has 0 saturated carbocycles. The molecule has 0 fully saturated rings. The lowest BCUT2D eigenvalue weighted by Gasteiger charge is -2.07. The Hall–Kier alpha value is -3.04. The monoisotopic (exact) mass is 326 g/mol. The lowest BCUT2D eigenvalue weighted by atomic mass is 10.1. The van der Waals surface area contributed by atoms with Crippen LogP contribution in [0.15, 0.2) is 46.0 Å². The maximum atomic E-state index is 12.1. The van der Waals surface area contributed by atoms with E-state index in [9.17, 15) is 9.59 Å². The third-order valence-electron chi connectivity index (χ3n) is 3.38. The molecule has 23 heavy (non-hydrogen) atoms. The molecule has 2 heterocycles. The fourth-order valence-electron chi connectivity index (χ4n) is 2.22. The summed E-state index contributed by atoms with van der Waals surface area (Å²) in [4.78, 5) is 29.1. The van der Waals surface area contributed by atoms with E-state index in [1.165, 1.54) is 12.1 Å². The predicted octanol–water partition coefficient (Wildman–Crippen LogP) is 2.35. The van der Waals surface area contributed by atoms with Crippen molar-refractivity contribution in [3.05, 3.63) is 73.4 Å². The minimum Gasteiger partial charge on any atom is -0.376 e. The molecule has 0 bridgehead atoms. The summed E-state index contributed by atoms with van der Waals surface area (Å²) in [5.41, 5.74) is 0.984. The van der Waals surface area contributed by atoms with Crippen LogP contribution in [0.1, 0.15) is 11.3 Å². The largest absolute Gasteiger partial charge is 0.376 e. The smallest absolute Gasteiger partial charge is 0.272 e. The standard InChI is InChI=1S/C16H11ClN4O2/c17-11-1-3-13-9(6-11)5-10(15(22)21-13)8-19-14-4-2-12(7-18)20-16(14)23/h1-6,19H,8H2,(H,20,23)(H,21,22). The van der Waals surface area contributed by atoms with Crippen molar-refractivity contribution in [1.29, 1.82) is 5.26 Å². The van der Waals surface area contributed by atoms with Gasteiger partial charge in [-0.25, -0.2) is 0 Å². The number of aromatic nitrogens is 2. The van der Waals surface area contributed by atoms with Crippen molar-refractivity contribution in [3.8, 4) is 6.07 Å². The molecule has 1 aromatic carbocycles. The van der Waals surface area contributed by atoms with Crippen LogP contribution in [0, 0.1) is 11.3 Å². The van der Waals surface area contributed by atoms with Crippen LogP contribution in [0.25, 0.3) is 10.9 Å². The number of pyridine rings is 2. The van der Waals surface area contributed by atoms with E-state index in [0.29, 0.717) is 16.1 Å². The first kappa shape index (κ1) is 14.9. The Morgan fingerprint density at radius 3 is 2.65 bits per heavy atom. The van der Waals surface area contributed by atoms with Gasteiger partial charge in [0, 0.05) is 28.0 Å². The maximum Gasteiger partial charge on any atom is 0.272 e. The van der Waals surface area contributed by atoms with Crippen molar-refractivity contribution in [2.75, 3.05) is 5.32 Å². The second-order valence-corrected chi connectivity index (χ2v) is 5.37. The summed E-state index contributed by atoms with van der Waals surface area (Å²) < 4.78 is 0. The summed E-state index contributed by atoms with van der Waals surface area (Å²) in [5.74, 6) is 0. The molecule has 114 valence electrons. The zero-order chi connectivity index (χ0) is 16.4. The number of hydrogen-bond donors (Lipinski definition) is 3. The zero-order valence-electron chi connectivity index (χ0n) is 11.8. The number of halogens is 1. The number of nitrogens with one attached hydrogen (secondary N) is 3. The van der Waals surface area contributed by atoms with Crippen LogP contribution >= 0.6 is 11.6 Å². The number of fused-ring (bicyclic) bond motifs is 1. The van der Waals surface area contributed by atoms with E-state index in [-0.39, 0.29) is 23.5 Å². The highest BCUT2D eigenvalue weighted by atomic mass is 35.5. The average Bonchev–Trinajstić information content (AvgIpc) is 2.54. The minimum absolute atomic E-state index is 0.173. The average molecular weight is 327 g/mol. The van der Waals surface area contributed by atoms with Gasteiger partial charge in [-0.15, -0.1) is 0 Å². The number of nitriles is 1. The lowest BCUT2D eigenvalue weighted by molar-refractivity contribution is 1.07. The highest BCUT2D eigenvalue weighted by Gasteiger charge is 2.06. The first-order valence-electron chi connectivity index (χ1n) is 6.75. The Bertz CT molecular complexity index is 1050. The number of anilines is 1. The van der Waals surface area contributed by atoms with Crippen molar-refractivity contribution in [1.82, 2.24) is 9.97 Å². The molecule has 0 aliphatic heterocycles. The molecule has 2 aromatic heterocycles. The normalized spacial score (nSPS) is 10.4. The molecule has 0 spiro atoms. The summed E-state index contributed by atoms with van der Waals surface area (Å²) in [5, 5.41) is 13.0. The third kappa shape index (κ3) is 3.10. The Labute approximate surface area is 135 Å². The van der Waals surface area contributed by atoms with Gasteiger partial charge in [0.2, 0.25) is 0 Å². The Morgan fingerprint density at radius 2 is 1.91 bits per heavy atom. The molecule has 0 aliphatic rings. The van der Waals surface area contributed by atoms with Gasteiger partial charge >= 0.3 is 0 Å². The second kappa shape index (κ2) is 5.99. The molecular formula is C16H11ClN4O2. The molecule has 0 aliphatic carbocycles. The van der Waals surface area contributed by atoms with Gasteiger partial charge in [-0.1, -0.05) is 11.6 Å². The Morgan fingerprint density at radius 1 is 1.09 bits per heavy atom. The highest BCUT2D eigenvalue weighted by molar-refractivity contribution is 6.31. The minimum atomic E-state index is -0.413. The number of H-pyrrole nitrogens is 2. The molecule has 7 heteroatoms. The van der Waals surface area contributed by atoms with Gasteiger partial charge in [-0.05, 0) is 36.4 Å². The van der Waals surface area contributed by atoms with Crippen molar-refractivity contribution in [2.24, 2.45) is 0 Å². The van der Waals surface area contributed by atoms with Gasteiger partial charge in [0.1, 0.15) is 17.5 Å². The number of aromatic amines is 2. The van der Waals surface area contributed by atoms with Crippen LogP contribution in [-0.2, 0) is 6.54 Å². The molecule has 0 atom stereocenters.